The number of aliphatic hydroxyl groups is 1. The predicted octanol–water partition coefficient (Wildman–Crippen LogP) is 3.47. The Kier molecular flexibility index (Phi) is 9.98. The maximum absolute atomic E-state index is 13.8. The Hall–Kier alpha value is -2.58. The van der Waals surface area contributed by atoms with E-state index in [0.29, 0.717) is 5.65 Å². The van der Waals surface area contributed by atoms with Gasteiger partial charge in [-0.2, -0.15) is 4.98 Å². The number of nitrogens with one attached hydrogen (secondary N) is 2. The van der Waals surface area contributed by atoms with E-state index in [4.69, 9.17) is 19.5 Å². The molecule has 4 atom stereocenters. The van der Waals surface area contributed by atoms with Crippen molar-refractivity contribution in [1.82, 2.24) is 24.6 Å². The molecule has 2 aromatic heterocycles. The number of anilines is 1. The van der Waals surface area contributed by atoms with Gasteiger partial charge in [-0.05, 0) is 25.3 Å². The highest BCUT2D eigenvalue weighted by Crippen LogP contribution is 2.51. The number of aliphatic hydroxyl groups excluding tert-OH is 1. The van der Waals surface area contributed by atoms with E-state index in [2.05, 4.69) is 20.0 Å². The molecular weight excluding hydrogens is 583 g/mol. The zero-order valence-electron chi connectivity index (χ0n) is 24.4. The summed E-state index contributed by atoms with van der Waals surface area (Å²) in [7, 11) is -3.84. The zero-order chi connectivity index (χ0) is 30.7. The molecule has 1 aliphatic heterocycles. The van der Waals surface area contributed by atoms with E-state index in [-0.39, 0.29) is 54.6 Å². The molecule has 4 rings (SSSR count). The number of thioether (sulfide) groups is 1. The molecule has 1 aromatic carbocycles. The number of imidazole rings is 1. The lowest BCUT2D eigenvalue weighted by atomic mass is 9.78. The summed E-state index contributed by atoms with van der Waals surface area (Å²) < 4.78 is 33.6. The summed E-state index contributed by atoms with van der Waals surface area (Å²) in [6, 6.07) is 9.42. The third-order valence-corrected chi connectivity index (χ3v) is 10.4. The van der Waals surface area contributed by atoms with Crippen LogP contribution in [0.2, 0.25) is 0 Å². The van der Waals surface area contributed by atoms with Crippen molar-refractivity contribution in [2.45, 2.75) is 53.5 Å². The van der Waals surface area contributed by atoms with Crippen LogP contribution in [0.3, 0.4) is 0 Å². The molecule has 0 bridgehead atoms. The molecule has 4 unspecified atom stereocenters. The molecule has 15 heteroatoms. The molecule has 0 spiro atoms. The van der Waals surface area contributed by atoms with E-state index in [1.165, 1.54) is 6.33 Å². The average Bonchev–Trinajstić information content (AvgIpc) is 3.47. The van der Waals surface area contributed by atoms with Crippen molar-refractivity contribution in [3.8, 4) is 0 Å². The summed E-state index contributed by atoms with van der Waals surface area (Å²) in [5.74, 6) is 0.132. The standard InChI is InChI=1S/C27H39N6O7PS/c1-17-19(40-23(27(17,4)5)33-16-29-20-21(33)31-25(28)32-22(20)35)14-39-41(37,30-13-18-9-7-6-8-10-18)38-11-12-42-24(36)26(2,3)15-34/h6-10,16-17,19,23,34H,11-15H2,1-5H3,(H,30,37)(H3,28,31,32,35). The Bertz CT molecular complexity index is 1500. The molecule has 1 aliphatic rings. The van der Waals surface area contributed by atoms with Crippen LogP contribution in [0.1, 0.15) is 46.4 Å². The fraction of sp³-hybridized carbons (Fsp3) is 0.556. The Morgan fingerprint density at radius 2 is 2.02 bits per heavy atom. The lowest BCUT2D eigenvalue weighted by Gasteiger charge is -2.30. The first-order valence-corrected chi connectivity index (χ1v) is 16.1. The fourth-order valence-corrected chi connectivity index (χ4v) is 6.76. The molecule has 230 valence electrons. The number of carbonyl (C=O) groups is 1. The second kappa shape index (κ2) is 13.0. The van der Waals surface area contributed by atoms with Gasteiger partial charge >= 0.3 is 7.75 Å². The molecule has 0 aliphatic carbocycles. The molecule has 1 fully saturated rings. The number of H-pyrrole nitrogens is 1. The maximum Gasteiger partial charge on any atom is 0.405 e. The number of rotatable bonds is 13. The minimum absolute atomic E-state index is 0.0190. The van der Waals surface area contributed by atoms with Crippen LogP contribution in [-0.4, -0.2) is 61.4 Å². The van der Waals surface area contributed by atoms with Gasteiger partial charge in [-0.1, -0.05) is 62.9 Å². The Morgan fingerprint density at radius 1 is 1.31 bits per heavy atom. The lowest BCUT2D eigenvalue weighted by Crippen LogP contribution is -2.29. The molecular formula is C27H39N6O7PS. The van der Waals surface area contributed by atoms with Crippen molar-refractivity contribution in [1.29, 1.82) is 0 Å². The van der Waals surface area contributed by atoms with Gasteiger partial charge < -0.3 is 15.6 Å². The van der Waals surface area contributed by atoms with Crippen LogP contribution < -0.4 is 16.4 Å². The molecule has 13 nitrogen and oxygen atoms in total. The smallest absolute Gasteiger partial charge is 0.395 e. The third-order valence-electron chi connectivity index (χ3n) is 7.63. The van der Waals surface area contributed by atoms with Crippen molar-refractivity contribution >= 4 is 41.7 Å². The van der Waals surface area contributed by atoms with Crippen molar-refractivity contribution in [3.05, 3.63) is 52.6 Å². The van der Waals surface area contributed by atoms with Gasteiger partial charge in [0, 0.05) is 17.7 Å². The predicted molar refractivity (Wildman–Crippen MR) is 161 cm³/mol. The summed E-state index contributed by atoms with van der Waals surface area (Å²) in [6.45, 7) is 9.27. The van der Waals surface area contributed by atoms with Crippen molar-refractivity contribution < 1.29 is 28.3 Å². The number of nitrogen functional groups attached to an aromatic ring is 1. The Balaban J connectivity index is 1.46. The van der Waals surface area contributed by atoms with Crippen LogP contribution in [0.4, 0.5) is 5.95 Å². The number of aromatic nitrogens is 4. The summed E-state index contributed by atoms with van der Waals surface area (Å²) >= 11 is 1.01. The van der Waals surface area contributed by atoms with E-state index in [0.717, 1.165) is 17.3 Å². The Labute approximate surface area is 248 Å². The van der Waals surface area contributed by atoms with E-state index in [9.17, 15) is 19.3 Å². The van der Waals surface area contributed by atoms with Crippen LogP contribution in [0.25, 0.3) is 11.2 Å². The molecule has 5 N–H and O–H groups in total. The normalized spacial score (nSPS) is 21.9. The number of ether oxygens (including phenoxy) is 1. The highest BCUT2D eigenvalue weighted by molar-refractivity contribution is 8.13. The number of hydrogen-bond acceptors (Lipinski definition) is 11. The summed E-state index contributed by atoms with van der Waals surface area (Å²) in [5.41, 5.74) is 5.34. The fourth-order valence-electron chi connectivity index (χ4n) is 4.52. The first-order valence-electron chi connectivity index (χ1n) is 13.6. The molecule has 3 heterocycles. The first kappa shape index (κ1) is 32.3. The monoisotopic (exact) mass is 622 g/mol. The molecule has 42 heavy (non-hydrogen) atoms. The second-order valence-corrected chi connectivity index (χ2v) is 14.4. The van der Waals surface area contributed by atoms with Crippen LogP contribution in [-0.2, 0) is 29.7 Å². The van der Waals surface area contributed by atoms with Crippen LogP contribution in [0, 0.1) is 16.7 Å². The van der Waals surface area contributed by atoms with Crippen molar-refractivity contribution in [2.24, 2.45) is 16.7 Å². The minimum atomic E-state index is -3.84. The SMILES string of the molecule is CC1C(COP(=O)(NCc2ccccc2)OCCSC(=O)C(C)(C)CO)OC(n2cnc3c(=O)[nH]c(N)nc32)C1(C)C. The van der Waals surface area contributed by atoms with E-state index < -0.39 is 36.5 Å². The first-order chi connectivity index (χ1) is 19.8. The second-order valence-electron chi connectivity index (χ2n) is 11.5. The van der Waals surface area contributed by atoms with Gasteiger partial charge in [-0.3, -0.25) is 28.2 Å². The maximum atomic E-state index is 13.8. The molecule has 3 aromatic rings. The van der Waals surface area contributed by atoms with E-state index in [1.807, 2.05) is 51.1 Å². The Morgan fingerprint density at radius 3 is 2.71 bits per heavy atom. The third kappa shape index (κ3) is 7.13. The highest BCUT2D eigenvalue weighted by atomic mass is 32.2. The summed E-state index contributed by atoms with van der Waals surface area (Å²) in [5, 5.41) is 12.2. The lowest BCUT2D eigenvalue weighted by molar-refractivity contribution is -0.119. The van der Waals surface area contributed by atoms with Gasteiger partial charge in [0.15, 0.2) is 16.3 Å². The van der Waals surface area contributed by atoms with Gasteiger partial charge in [0.05, 0.1) is 37.7 Å². The number of hydrogen-bond donors (Lipinski definition) is 4. The van der Waals surface area contributed by atoms with Gasteiger partial charge in [0.25, 0.3) is 5.56 Å². The van der Waals surface area contributed by atoms with Gasteiger partial charge in [0.2, 0.25) is 5.95 Å². The number of fused-ring (bicyclic) bond motifs is 1. The number of aromatic amines is 1. The number of benzene rings is 1. The largest absolute Gasteiger partial charge is 0.405 e. The van der Waals surface area contributed by atoms with Gasteiger partial charge in [-0.15, -0.1) is 0 Å². The summed E-state index contributed by atoms with van der Waals surface area (Å²) in [4.78, 5) is 35.6. The number of nitrogens with two attached hydrogens (primary N) is 1. The number of nitrogens with zero attached hydrogens (tertiary/aromatic N) is 3. The van der Waals surface area contributed by atoms with Crippen molar-refractivity contribution in [2.75, 3.05) is 31.3 Å². The topological polar surface area (TPSA) is 184 Å². The average molecular weight is 623 g/mol. The summed E-state index contributed by atoms with van der Waals surface area (Å²) in [6.07, 6.45) is 0.453. The van der Waals surface area contributed by atoms with Crippen LogP contribution in [0.15, 0.2) is 41.5 Å². The highest BCUT2D eigenvalue weighted by Gasteiger charge is 2.50. The van der Waals surface area contributed by atoms with Gasteiger partial charge in [-0.25, -0.2) is 14.6 Å². The minimum Gasteiger partial charge on any atom is -0.395 e. The molecule has 0 saturated carbocycles. The van der Waals surface area contributed by atoms with Crippen molar-refractivity contribution in [3.63, 3.8) is 0 Å². The van der Waals surface area contributed by atoms with Crippen LogP contribution >= 0.6 is 19.5 Å². The molecule has 0 radical (unpaired) electrons. The zero-order valence-corrected chi connectivity index (χ0v) is 26.1. The van der Waals surface area contributed by atoms with Crippen LogP contribution in [0.5, 0.6) is 0 Å². The van der Waals surface area contributed by atoms with Gasteiger partial charge in [0.1, 0.15) is 6.23 Å². The van der Waals surface area contributed by atoms with E-state index >= 15 is 0 Å². The van der Waals surface area contributed by atoms with E-state index in [1.54, 1.807) is 18.4 Å². The molecule has 1 saturated heterocycles. The quantitative estimate of drug-likeness (QED) is 0.161. The number of carbonyl (C=O) groups excluding carboxylic acids is 1. The molecule has 0 amide bonds.